The molecule has 3 N–H and O–H groups in total. The molecule has 0 atom stereocenters. The van der Waals surface area contributed by atoms with Gasteiger partial charge in [-0.2, -0.15) is 5.10 Å². The maximum atomic E-state index is 13.9. The Kier molecular flexibility index (Phi) is 3.88. The minimum absolute atomic E-state index is 0.164. The molecule has 1 aliphatic rings. The zero-order valence-corrected chi connectivity index (χ0v) is 13.4. The Morgan fingerprint density at radius 1 is 1.33 bits per heavy atom. The second kappa shape index (κ2) is 5.64. The number of halogens is 2. The lowest BCUT2D eigenvalue weighted by molar-refractivity contribution is 0.102. The Labute approximate surface area is 136 Å². The summed E-state index contributed by atoms with van der Waals surface area (Å²) in [5, 5.41) is 8.29. The molecular weight excluding hydrogens is 342 g/mol. The predicted octanol–water partition coefficient (Wildman–Crippen LogP) is 1.77. The van der Waals surface area contributed by atoms with Crippen molar-refractivity contribution in [3.63, 3.8) is 0 Å². The number of anilines is 1. The topological polar surface area (TPSA) is 104 Å². The van der Waals surface area contributed by atoms with Crippen LogP contribution in [0.1, 0.15) is 30.1 Å². The van der Waals surface area contributed by atoms with Crippen molar-refractivity contribution < 1.29 is 22.0 Å². The molecule has 1 aliphatic carbocycles. The number of carbonyl (C=O) groups excluding carboxylic acids is 1. The van der Waals surface area contributed by atoms with Crippen LogP contribution in [-0.2, 0) is 10.0 Å². The molecule has 128 valence electrons. The van der Waals surface area contributed by atoms with Gasteiger partial charge in [0.25, 0.3) is 5.91 Å². The highest BCUT2D eigenvalue weighted by Gasteiger charge is 2.41. The second-order valence-corrected chi connectivity index (χ2v) is 7.54. The van der Waals surface area contributed by atoms with Crippen molar-refractivity contribution >= 4 is 21.7 Å². The SMILES string of the molecule is CC1(NS(=O)(=O)c2cc(F)c(F)c(C(=O)Nc3ccn[nH]3)c2)CC1. The fraction of sp³-hybridized carbons (Fsp3) is 0.286. The van der Waals surface area contributed by atoms with Crippen LogP contribution in [0.25, 0.3) is 0 Å². The summed E-state index contributed by atoms with van der Waals surface area (Å²) in [4.78, 5) is 11.6. The summed E-state index contributed by atoms with van der Waals surface area (Å²) in [6.07, 6.45) is 2.67. The van der Waals surface area contributed by atoms with Crippen molar-refractivity contribution in [2.45, 2.75) is 30.2 Å². The molecule has 1 fully saturated rings. The van der Waals surface area contributed by atoms with E-state index in [0.29, 0.717) is 18.9 Å². The number of benzene rings is 1. The Morgan fingerprint density at radius 2 is 2.04 bits per heavy atom. The lowest BCUT2D eigenvalue weighted by Crippen LogP contribution is -2.34. The fourth-order valence-corrected chi connectivity index (χ4v) is 3.57. The number of nitrogens with zero attached hydrogens (tertiary/aromatic N) is 1. The normalized spacial score (nSPS) is 16.0. The van der Waals surface area contributed by atoms with Crippen LogP contribution in [0.5, 0.6) is 0 Å². The monoisotopic (exact) mass is 356 g/mol. The van der Waals surface area contributed by atoms with Crippen molar-refractivity contribution in [3.8, 4) is 0 Å². The average molecular weight is 356 g/mol. The highest BCUT2D eigenvalue weighted by Crippen LogP contribution is 2.36. The van der Waals surface area contributed by atoms with Crippen molar-refractivity contribution in [2.75, 3.05) is 5.32 Å². The van der Waals surface area contributed by atoms with Crippen molar-refractivity contribution in [1.82, 2.24) is 14.9 Å². The number of H-pyrrole nitrogens is 1. The van der Waals surface area contributed by atoms with E-state index in [4.69, 9.17) is 0 Å². The number of sulfonamides is 1. The molecule has 0 radical (unpaired) electrons. The molecule has 0 aliphatic heterocycles. The first-order valence-corrected chi connectivity index (χ1v) is 8.52. The summed E-state index contributed by atoms with van der Waals surface area (Å²) in [5.41, 5.74) is -1.30. The maximum absolute atomic E-state index is 13.9. The number of aromatic amines is 1. The molecular formula is C14H14F2N4O3S. The Balaban J connectivity index is 1.95. The number of amides is 1. The molecule has 1 saturated carbocycles. The molecule has 1 amide bonds. The van der Waals surface area contributed by atoms with E-state index in [0.717, 1.165) is 6.07 Å². The first kappa shape index (κ1) is 16.5. The van der Waals surface area contributed by atoms with E-state index in [1.54, 1.807) is 6.92 Å². The van der Waals surface area contributed by atoms with Gasteiger partial charge in [0, 0.05) is 11.6 Å². The summed E-state index contributed by atoms with van der Waals surface area (Å²) in [6.45, 7) is 1.70. The second-order valence-electron chi connectivity index (χ2n) is 5.86. The third kappa shape index (κ3) is 3.29. The van der Waals surface area contributed by atoms with Crippen molar-refractivity contribution in [1.29, 1.82) is 0 Å². The van der Waals surface area contributed by atoms with E-state index in [9.17, 15) is 22.0 Å². The third-order valence-electron chi connectivity index (χ3n) is 3.69. The summed E-state index contributed by atoms with van der Waals surface area (Å²) >= 11 is 0. The van der Waals surface area contributed by atoms with Crippen molar-refractivity contribution in [3.05, 3.63) is 41.6 Å². The first-order chi connectivity index (χ1) is 11.2. The molecule has 1 aromatic heterocycles. The Bertz CT molecular complexity index is 893. The highest BCUT2D eigenvalue weighted by molar-refractivity contribution is 7.89. The molecule has 1 aromatic carbocycles. The highest BCUT2D eigenvalue weighted by atomic mass is 32.2. The minimum atomic E-state index is -4.07. The number of aromatic nitrogens is 2. The number of nitrogens with one attached hydrogen (secondary N) is 3. The van der Waals surface area contributed by atoms with Crippen LogP contribution in [0.2, 0.25) is 0 Å². The van der Waals surface area contributed by atoms with Gasteiger partial charge in [0.05, 0.1) is 16.7 Å². The van der Waals surface area contributed by atoms with Crippen LogP contribution < -0.4 is 10.0 Å². The number of hydrogen-bond acceptors (Lipinski definition) is 4. The number of rotatable bonds is 5. The molecule has 24 heavy (non-hydrogen) atoms. The van der Waals surface area contributed by atoms with E-state index in [2.05, 4.69) is 20.2 Å². The van der Waals surface area contributed by atoms with Gasteiger partial charge in [-0.25, -0.2) is 21.9 Å². The quantitative estimate of drug-likeness (QED) is 0.759. The maximum Gasteiger partial charge on any atom is 0.259 e. The fourth-order valence-electron chi connectivity index (χ4n) is 2.07. The van der Waals surface area contributed by atoms with Crippen LogP contribution in [0.3, 0.4) is 0 Å². The predicted molar refractivity (Wildman–Crippen MR) is 80.9 cm³/mol. The number of carbonyl (C=O) groups is 1. The molecule has 1 heterocycles. The zero-order chi connectivity index (χ0) is 17.5. The van der Waals surface area contributed by atoms with Crippen LogP contribution >= 0.6 is 0 Å². The van der Waals surface area contributed by atoms with Gasteiger partial charge in [-0.15, -0.1) is 0 Å². The van der Waals surface area contributed by atoms with Gasteiger partial charge in [-0.05, 0) is 31.9 Å². The smallest absolute Gasteiger partial charge is 0.259 e. The van der Waals surface area contributed by atoms with Gasteiger partial charge in [-0.3, -0.25) is 9.89 Å². The van der Waals surface area contributed by atoms with Crippen LogP contribution in [-0.4, -0.2) is 30.1 Å². The zero-order valence-electron chi connectivity index (χ0n) is 12.6. The van der Waals surface area contributed by atoms with Crippen LogP contribution in [0.4, 0.5) is 14.6 Å². The van der Waals surface area contributed by atoms with E-state index in [1.807, 2.05) is 0 Å². The summed E-state index contributed by atoms with van der Waals surface area (Å²) in [5.74, 6) is -3.68. The van der Waals surface area contributed by atoms with Gasteiger partial charge in [0.15, 0.2) is 11.6 Å². The molecule has 0 saturated heterocycles. The average Bonchev–Trinajstić information content (AvgIpc) is 2.99. The molecule has 0 bridgehead atoms. The summed E-state index contributed by atoms with van der Waals surface area (Å²) in [6, 6.07) is 2.76. The molecule has 2 aromatic rings. The van der Waals surface area contributed by atoms with Crippen molar-refractivity contribution in [2.24, 2.45) is 0 Å². The molecule has 10 heteroatoms. The molecule has 7 nitrogen and oxygen atoms in total. The summed E-state index contributed by atoms with van der Waals surface area (Å²) < 4.78 is 54.7. The lowest BCUT2D eigenvalue weighted by Gasteiger charge is -2.13. The van der Waals surface area contributed by atoms with Gasteiger partial charge < -0.3 is 5.32 Å². The first-order valence-electron chi connectivity index (χ1n) is 7.04. The van der Waals surface area contributed by atoms with Gasteiger partial charge in [0.1, 0.15) is 5.82 Å². The van der Waals surface area contributed by atoms with E-state index >= 15 is 0 Å². The van der Waals surface area contributed by atoms with Gasteiger partial charge in [0.2, 0.25) is 10.0 Å². The number of hydrogen-bond donors (Lipinski definition) is 3. The van der Waals surface area contributed by atoms with E-state index in [1.165, 1.54) is 12.3 Å². The third-order valence-corrected chi connectivity index (χ3v) is 5.30. The Hall–Kier alpha value is -2.33. The minimum Gasteiger partial charge on any atom is -0.307 e. The van der Waals surface area contributed by atoms with Gasteiger partial charge >= 0.3 is 0 Å². The van der Waals surface area contributed by atoms with Crippen LogP contribution in [0, 0.1) is 11.6 Å². The molecule has 3 rings (SSSR count). The molecule has 0 spiro atoms. The van der Waals surface area contributed by atoms with Crippen LogP contribution in [0.15, 0.2) is 29.3 Å². The van der Waals surface area contributed by atoms with Gasteiger partial charge in [-0.1, -0.05) is 0 Å². The summed E-state index contributed by atoms with van der Waals surface area (Å²) in [7, 11) is -4.07. The van der Waals surface area contributed by atoms with E-state index in [-0.39, 0.29) is 5.82 Å². The standard InChI is InChI=1S/C14H14F2N4O3S/c1-14(3-4-14)20-24(22,23)8-6-9(12(16)10(15)7-8)13(21)18-11-2-5-17-19-11/h2,5-7,20H,3-4H2,1H3,(H2,17,18,19,21). The Morgan fingerprint density at radius 3 is 2.62 bits per heavy atom. The molecule has 0 unspecified atom stereocenters. The van der Waals surface area contributed by atoms with E-state index < -0.39 is 43.6 Å². The largest absolute Gasteiger partial charge is 0.307 e. The lowest BCUT2D eigenvalue weighted by atomic mass is 10.2.